The van der Waals surface area contributed by atoms with Crippen LogP contribution < -0.4 is 9.64 Å². The zero-order chi connectivity index (χ0) is 16.2. The highest BCUT2D eigenvalue weighted by Gasteiger charge is 2.25. The molecule has 1 aromatic heterocycles. The van der Waals surface area contributed by atoms with Gasteiger partial charge in [0.15, 0.2) is 0 Å². The lowest BCUT2D eigenvalue weighted by Crippen LogP contribution is -2.38. The minimum absolute atomic E-state index is 0.171. The van der Waals surface area contributed by atoms with Gasteiger partial charge in [-0.15, -0.1) is 0 Å². The topological polar surface area (TPSA) is 58.4 Å². The Morgan fingerprint density at radius 1 is 1.35 bits per heavy atom. The monoisotopic (exact) mass is 313 g/mol. The van der Waals surface area contributed by atoms with E-state index in [1.807, 2.05) is 0 Å². The van der Waals surface area contributed by atoms with Crippen molar-refractivity contribution in [2.45, 2.75) is 6.10 Å². The third kappa shape index (κ3) is 3.10. The van der Waals surface area contributed by atoms with E-state index < -0.39 is 0 Å². The van der Waals surface area contributed by atoms with Gasteiger partial charge in [-0.3, -0.25) is 0 Å². The Morgan fingerprint density at radius 2 is 2.13 bits per heavy atom. The van der Waals surface area contributed by atoms with E-state index in [2.05, 4.69) is 16.0 Å². The lowest BCUT2D eigenvalue weighted by molar-refractivity contribution is 0.0397. The van der Waals surface area contributed by atoms with E-state index in [9.17, 15) is 9.65 Å². The lowest BCUT2D eigenvalue weighted by Gasteiger charge is -2.35. The van der Waals surface area contributed by atoms with Crippen molar-refractivity contribution >= 4 is 5.69 Å². The average molecular weight is 313 g/mol. The zero-order valence-electron chi connectivity index (χ0n) is 12.7. The number of ether oxygens (including phenoxy) is 2. The van der Waals surface area contributed by atoms with Crippen molar-refractivity contribution in [1.29, 1.82) is 5.26 Å². The number of hydrogen-bond acceptors (Lipinski definition) is 5. The molecule has 3 rings (SSSR count). The van der Waals surface area contributed by atoms with Crippen LogP contribution in [0.5, 0.6) is 5.88 Å². The van der Waals surface area contributed by atoms with Gasteiger partial charge in [0.05, 0.1) is 19.4 Å². The van der Waals surface area contributed by atoms with E-state index in [1.165, 1.54) is 19.2 Å². The van der Waals surface area contributed by atoms with E-state index in [1.54, 1.807) is 24.4 Å². The summed E-state index contributed by atoms with van der Waals surface area (Å²) in [5.74, 6) is 0.0434. The number of hydrogen-bond donors (Lipinski definition) is 0. The summed E-state index contributed by atoms with van der Waals surface area (Å²) in [6.07, 6.45) is 1.45. The first-order valence-electron chi connectivity index (χ1n) is 7.28. The minimum Gasteiger partial charge on any atom is -0.480 e. The average Bonchev–Trinajstić information content (AvgIpc) is 2.61. The van der Waals surface area contributed by atoms with Crippen molar-refractivity contribution in [2.75, 3.05) is 31.7 Å². The van der Waals surface area contributed by atoms with Gasteiger partial charge in [-0.25, -0.2) is 9.37 Å². The number of benzene rings is 1. The molecule has 0 amide bonds. The quantitative estimate of drug-likeness (QED) is 0.872. The Labute approximate surface area is 133 Å². The van der Waals surface area contributed by atoms with Crippen LogP contribution in [0, 0.1) is 17.1 Å². The number of anilines is 1. The Bertz CT molecular complexity index is 728. The molecule has 2 aromatic rings. The van der Waals surface area contributed by atoms with Crippen LogP contribution in [0.15, 0.2) is 36.5 Å². The van der Waals surface area contributed by atoms with Crippen molar-refractivity contribution in [3.05, 3.63) is 53.5 Å². The van der Waals surface area contributed by atoms with Gasteiger partial charge in [-0.1, -0.05) is 12.1 Å². The van der Waals surface area contributed by atoms with Gasteiger partial charge in [0.25, 0.3) is 0 Å². The van der Waals surface area contributed by atoms with Crippen molar-refractivity contribution in [3.8, 4) is 11.9 Å². The molecule has 1 aliphatic rings. The number of nitrogens with zero attached hydrogens (tertiary/aromatic N) is 3. The fourth-order valence-electron chi connectivity index (χ4n) is 2.70. The molecule has 0 unspecified atom stereocenters. The summed E-state index contributed by atoms with van der Waals surface area (Å²) in [6, 6.07) is 10.3. The molecule has 1 aromatic carbocycles. The number of morpholine rings is 1. The molecule has 1 aliphatic heterocycles. The number of nitriles is 1. The summed E-state index contributed by atoms with van der Waals surface area (Å²) in [5, 5.41) is 9.40. The minimum atomic E-state index is -0.271. The van der Waals surface area contributed by atoms with Crippen LogP contribution in [-0.4, -0.2) is 31.8 Å². The van der Waals surface area contributed by atoms with Gasteiger partial charge >= 0.3 is 0 Å². The molecule has 118 valence electrons. The molecular formula is C17H16FN3O2. The molecule has 0 saturated carbocycles. The first-order valence-corrected chi connectivity index (χ1v) is 7.28. The molecule has 23 heavy (non-hydrogen) atoms. The molecule has 0 aliphatic carbocycles. The van der Waals surface area contributed by atoms with Gasteiger partial charge in [0, 0.05) is 19.3 Å². The SMILES string of the molecule is COc1nccc(N2CCO[C@@H](c3ccc(F)cc3)C2)c1C#N. The van der Waals surface area contributed by atoms with Crippen molar-refractivity contribution in [2.24, 2.45) is 0 Å². The highest BCUT2D eigenvalue weighted by molar-refractivity contribution is 5.63. The van der Waals surface area contributed by atoms with Crippen LogP contribution in [0.1, 0.15) is 17.2 Å². The number of pyridine rings is 1. The molecular weight excluding hydrogens is 297 g/mol. The molecule has 0 N–H and O–H groups in total. The van der Waals surface area contributed by atoms with Crippen LogP contribution in [-0.2, 0) is 4.74 Å². The number of rotatable bonds is 3. The number of methoxy groups -OCH3 is 1. The second kappa shape index (κ2) is 6.63. The summed E-state index contributed by atoms with van der Waals surface area (Å²) < 4.78 is 24.0. The predicted octanol–water partition coefficient (Wildman–Crippen LogP) is 2.68. The Morgan fingerprint density at radius 3 is 2.83 bits per heavy atom. The summed E-state index contributed by atoms with van der Waals surface area (Å²) in [7, 11) is 1.49. The zero-order valence-corrected chi connectivity index (χ0v) is 12.7. The first kappa shape index (κ1) is 15.3. The van der Waals surface area contributed by atoms with Crippen LogP contribution in [0.3, 0.4) is 0 Å². The molecule has 1 atom stereocenters. The third-order valence-corrected chi connectivity index (χ3v) is 3.85. The molecule has 0 radical (unpaired) electrons. The first-order chi connectivity index (χ1) is 11.2. The van der Waals surface area contributed by atoms with E-state index in [0.29, 0.717) is 31.1 Å². The normalized spacial score (nSPS) is 17.6. The second-order valence-corrected chi connectivity index (χ2v) is 5.18. The van der Waals surface area contributed by atoms with Gasteiger partial charge in [-0.05, 0) is 23.8 Å². The molecule has 2 heterocycles. The van der Waals surface area contributed by atoms with Crippen LogP contribution in [0.4, 0.5) is 10.1 Å². The lowest BCUT2D eigenvalue weighted by atomic mass is 10.1. The number of halogens is 1. The molecule has 1 saturated heterocycles. The summed E-state index contributed by atoms with van der Waals surface area (Å²) in [4.78, 5) is 6.14. The van der Waals surface area contributed by atoms with Gasteiger partial charge in [0.2, 0.25) is 5.88 Å². The van der Waals surface area contributed by atoms with Crippen LogP contribution in [0.2, 0.25) is 0 Å². The number of aromatic nitrogens is 1. The predicted molar refractivity (Wildman–Crippen MR) is 82.8 cm³/mol. The molecule has 0 bridgehead atoms. The second-order valence-electron chi connectivity index (χ2n) is 5.18. The van der Waals surface area contributed by atoms with Crippen LogP contribution in [0.25, 0.3) is 0 Å². The van der Waals surface area contributed by atoms with E-state index in [0.717, 1.165) is 11.3 Å². The Balaban J connectivity index is 1.87. The van der Waals surface area contributed by atoms with Gasteiger partial charge in [-0.2, -0.15) is 5.26 Å². The molecule has 0 spiro atoms. The fourth-order valence-corrected chi connectivity index (χ4v) is 2.70. The molecule has 6 heteroatoms. The van der Waals surface area contributed by atoms with Gasteiger partial charge < -0.3 is 14.4 Å². The maximum atomic E-state index is 13.1. The summed E-state index contributed by atoms with van der Waals surface area (Å²) in [6.45, 7) is 1.77. The maximum Gasteiger partial charge on any atom is 0.233 e. The highest BCUT2D eigenvalue weighted by atomic mass is 19.1. The fraction of sp³-hybridized carbons (Fsp3) is 0.294. The van der Waals surface area contributed by atoms with E-state index in [-0.39, 0.29) is 11.9 Å². The van der Waals surface area contributed by atoms with Crippen molar-refractivity contribution in [3.63, 3.8) is 0 Å². The van der Waals surface area contributed by atoms with E-state index in [4.69, 9.17) is 9.47 Å². The van der Waals surface area contributed by atoms with E-state index >= 15 is 0 Å². The highest BCUT2D eigenvalue weighted by Crippen LogP contribution is 2.31. The Hall–Kier alpha value is -2.65. The summed E-state index contributed by atoms with van der Waals surface area (Å²) >= 11 is 0. The Kier molecular flexibility index (Phi) is 4.40. The molecule has 5 nitrogen and oxygen atoms in total. The molecule has 1 fully saturated rings. The third-order valence-electron chi connectivity index (χ3n) is 3.85. The van der Waals surface area contributed by atoms with Gasteiger partial charge in [0.1, 0.15) is 23.6 Å². The largest absolute Gasteiger partial charge is 0.480 e. The van der Waals surface area contributed by atoms with Crippen molar-refractivity contribution < 1.29 is 13.9 Å². The standard InChI is InChI=1S/C17H16FN3O2/c1-22-17-14(10-19)15(6-7-20-17)21-8-9-23-16(11-21)12-2-4-13(18)5-3-12/h2-7,16H,8-9,11H2,1H3/t16-/m1/s1. The van der Waals surface area contributed by atoms with Crippen LogP contribution >= 0.6 is 0 Å². The maximum absolute atomic E-state index is 13.1. The summed E-state index contributed by atoms with van der Waals surface area (Å²) in [5.41, 5.74) is 2.10. The van der Waals surface area contributed by atoms with Crippen molar-refractivity contribution in [1.82, 2.24) is 4.98 Å². The smallest absolute Gasteiger partial charge is 0.233 e.